The lowest BCUT2D eigenvalue weighted by Crippen LogP contribution is -2.52. The maximum absolute atomic E-state index is 14.1. The van der Waals surface area contributed by atoms with Crippen LogP contribution < -0.4 is 27.0 Å². The monoisotopic (exact) mass is 2500 g/mol. The van der Waals surface area contributed by atoms with E-state index in [0.717, 1.165) is 101 Å². The zero-order valence-corrected chi connectivity index (χ0v) is 87.2. The molecule has 0 saturated carbocycles. The van der Waals surface area contributed by atoms with E-state index in [2.05, 4.69) is 183 Å². The smallest absolute Gasteiger partial charge is 0.265 e. The van der Waals surface area contributed by atoms with Gasteiger partial charge < -0.3 is 92.4 Å². The van der Waals surface area contributed by atoms with E-state index in [-0.39, 0.29) is 105 Å². The van der Waals surface area contributed by atoms with Gasteiger partial charge in [0.1, 0.15) is 23.1 Å². The van der Waals surface area contributed by atoms with Crippen LogP contribution in [0.1, 0.15) is 95.7 Å². The summed E-state index contributed by atoms with van der Waals surface area (Å²) in [5.41, 5.74) is 18.0. The molecule has 6 aromatic heterocycles. The molecule has 714 valence electrons. The molecule has 0 saturated heterocycles. The lowest BCUT2D eigenvalue weighted by molar-refractivity contribution is 0.0345. The Morgan fingerprint density at radius 2 is 0.761 bits per heavy atom. The number of rotatable bonds is 30. The minimum atomic E-state index is -0.741. The average molecular weight is 2500 g/mol. The summed E-state index contributed by atoms with van der Waals surface area (Å²) in [6.45, 7) is -1.51. The molecule has 0 aliphatic carbocycles. The number of aromatic amines is 6. The van der Waals surface area contributed by atoms with Crippen molar-refractivity contribution in [1.82, 2.24) is 56.1 Å². The Kier molecular flexibility index (Phi) is 37.8. The van der Waals surface area contributed by atoms with Crippen LogP contribution in [0.3, 0.4) is 0 Å². The predicted octanol–water partition coefficient (Wildman–Crippen LogP) is 20.0. The van der Waals surface area contributed by atoms with Gasteiger partial charge >= 0.3 is 0 Å². The highest BCUT2D eigenvalue weighted by molar-refractivity contribution is 14.1. The largest absolute Gasteiger partial charge is 0.394 e. The second-order valence-corrected chi connectivity index (χ2v) is 40.2. The van der Waals surface area contributed by atoms with Crippen molar-refractivity contribution in [1.29, 1.82) is 0 Å². The van der Waals surface area contributed by atoms with Crippen LogP contribution in [-0.4, -0.2) is 177 Å². The van der Waals surface area contributed by atoms with E-state index in [9.17, 15) is 72.6 Å². The Labute approximate surface area is 874 Å². The zero-order chi connectivity index (χ0) is 98.5. The Bertz CT molecular complexity index is 7100. The van der Waals surface area contributed by atoms with Crippen molar-refractivity contribution < 1.29 is 72.6 Å². The van der Waals surface area contributed by atoms with E-state index in [1.54, 1.807) is 90.1 Å². The number of para-hydroxylation sites is 4. The fourth-order valence-electron chi connectivity index (χ4n) is 16.1. The van der Waals surface area contributed by atoms with Gasteiger partial charge in [0.25, 0.3) is 35.4 Å². The first kappa shape index (κ1) is 105. The molecule has 6 amide bonds. The number of carbonyl (C=O) groups is 6. The van der Waals surface area contributed by atoms with Crippen LogP contribution in [0.15, 0.2) is 273 Å². The summed E-state index contributed by atoms with van der Waals surface area (Å²) in [5.74, 6) is -3.82. The standard InChI is InChI=1S/C30H29IN4O4.C18H15BrClFN2O2.C18H16BrClN2O2.C18H14BrF2IN2O2.C18H16BrIN2O2/c31-20-7-5-6-18(12-20)30(39)35(21(16-36)13-19-15-33-26-10-3-1-8-23(19)26)22(17-37)14-25-24-9-2-4-11-27(24)34-28(25)29(32)38;19-11-1-4-16(20)15(6-11)18(25)23-13(9-24)5-10-8-22-17-7-12(21)2-3-14(10)17;19-12-5-6-16(20)15(8-12)18(24)22-13(10-23)7-11-9-21-17-4-2-1-3-14(11)17;19-15-2-1-11(22)6-14(15)18(26)24-12(8-25)3-9-7-23-17-13(9)4-10(20)5-16(17)21;19-16-6-5-12(20)8-15(16)18(24)22-13(10-23)7-11-9-21-17-4-2-1-3-14(11)17/h1-12,15,21-22,33-34,36-37H,13-14,16-17H2,(H2,32,38);1-4,6-8,13,22,24H,5,9H2,(H,23,25);1-6,8-9,13,21,23H,7,10H2,(H,22,24);1-2,4-7,12,23,25H,3,8H2,(H,24,26);1-6,8-9,13,21,23H,7,10H2,(H,22,24)/t21-,22-;;13-;;13-/m1.1.1/s1. The highest BCUT2D eigenvalue weighted by Crippen LogP contribution is 2.33. The number of carbonyl (C=O) groups excluding carboxylic acids is 6. The van der Waals surface area contributed by atoms with Crippen molar-refractivity contribution in [2.45, 2.75) is 74.8 Å². The summed E-state index contributed by atoms with van der Waals surface area (Å²) in [6, 6.07) is 62.8. The topological polar surface area (TPSA) is 396 Å². The van der Waals surface area contributed by atoms with E-state index in [0.29, 0.717) is 90.0 Å². The predicted molar refractivity (Wildman–Crippen MR) is 573 cm³/mol. The first-order chi connectivity index (χ1) is 66.4. The number of hydrogen-bond donors (Lipinski definition) is 17. The van der Waals surface area contributed by atoms with Crippen molar-refractivity contribution >= 4 is 256 Å². The Balaban J connectivity index is 0.000000148. The van der Waals surface area contributed by atoms with E-state index < -0.39 is 47.8 Å². The number of benzene rings is 11. The van der Waals surface area contributed by atoms with Gasteiger partial charge in [0.15, 0.2) is 0 Å². The summed E-state index contributed by atoms with van der Waals surface area (Å²) >= 11 is 32.0. The molecule has 0 spiro atoms. The van der Waals surface area contributed by atoms with Gasteiger partial charge in [0.05, 0.1) is 114 Å². The van der Waals surface area contributed by atoms with E-state index in [1.807, 2.05) is 146 Å². The molecule has 0 aliphatic heterocycles. The normalized spacial score (nSPS) is 12.5. The van der Waals surface area contributed by atoms with E-state index >= 15 is 0 Å². The van der Waals surface area contributed by atoms with Gasteiger partial charge in [-0.2, -0.15) is 0 Å². The summed E-state index contributed by atoms with van der Waals surface area (Å²) in [5, 5.41) is 77.2. The van der Waals surface area contributed by atoms with Crippen LogP contribution in [0.5, 0.6) is 0 Å². The molecule has 11 aromatic carbocycles. The van der Waals surface area contributed by atoms with Crippen LogP contribution in [0, 0.1) is 28.2 Å². The quantitative estimate of drug-likeness (QED) is 0.0187. The number of primary amides is 1. The van der Waals surface area contributed by atoms with Crippen LogP contribution in [-0.2, 0) is 38.5 Å². The minimum Gasteiger partial charge on any atom is -0.394 e. The molecule has 0 aliphatic rings. The average Bonchev–Trinajstić information content (AvgIpc) is 1.65. The van der Waals surface area contributed by atoms with Crippen molar-refractivity contribution in [3.63, 3.8) is 0 Å². The van der Waals surface area contributed by atoms with Crippen molar-refractivity contribution in [3.8, 4) is 0 Å². The number of amides is 6. The van der Waals surface area contributed by atoms with Gasteiger partial charge in [0.2, 0.25) is 0 Å². The number of nitrogens with one attached hydrogen (secondary N) is 10. The van der Waals surface area contributed by atoms with Crippen LogP contribution in [0.25, 0.3) is 65.4 Å². The van der Waals surface area contributed by atoms with Gasteiger partial charge in [-0.05, 0) is 311 Å². The first-order valence-corrected chi connectivity index (χ1v) is 50.1. The van der Waals surface area contributed by atoms with Crippen molar-refractivity contribution in [2.75, 3.05) is 39.6 Å². The van der Waals surface area contributed by atoms with Crippen LogP contribution in [0.2, 0.25) is 10.0 Å². The van der Waals surface area contributed by atoms with Crippen LogP contribution in [0.4, 0.5) is 13.2 Å². The number of hydrogen-bond acceptors (Lipinski definition) is 12. The third-order valence-electron chi connectivity index (χ3n) is 22.8. The fraction of sp³-hybridized carbons (Fsp3) is 0.176. The molecule has 18 N–H and O–H groups in total. The minimum absolute atomic E-state index is 0.118. The molecule has 36 heteroatoms. The molecule has 0 bridgehead atoms. The molecule has 17 aromatic rings. The second kappa shape index (κ2) is 49.7. The maximum Gasteiger partial charge on any atom is 0.265 e. The highest BCUT2D eigenvalue weighted by Gasteiger charge is 2.35. The van der Waals surface area contributed by atoms with Gasteiger partial charge in [0, 0.05) is 131 Å². The number of H-pyrrole nitrogens is 6. The number of halogens is 12. The fourth-order valence-corrected chi connectivity index (χ4v) is 19.6. The molecule has 0 radical (unpaired) electrons. The first-order valence-electron chi connectivity index (χ1n) is 43.0. The molecule has 17 rings (SSSR count). The molecule has 138 heavy (non-hydrogen) atoms. The lowest BCUT2D eigenvalue weighted by atomic mass is 9.96. The Morgan fingerprint density at radius 1 is 0.370 bits per heavy atom. The molecule has 0 fully saturated rings. The van der Waals surface area contributed by atoms with E-state index in [4.69, 9.17) is 28.9 Å². The lowest BCUT2D eigenvalue weighted by Gasteiger charge is -2.37. The zero-order valence-electron chi connectivity index (χ0n) is 72.9. The van der Waals surface area contributed by atoms with Gasteiger partial charge in [-0.1, -0.05) is 134 Å². The van der Waals surface area contributed by atoms with Crippen molar-refractivity contribution in [3.05, 3.63) is 378 Å². The summed E-state index contributed by atoms with van der Waals surface area (Å²) in [4.78, 5) is 96.4. The SMILES string of the molecule is NC(=O)c1[nH]c2ccccc2c1C[C@H](CO)N(C(=O)c1cccc(I)c1)[C@@H](CO)Cc1c[nH]c2ccccc12.O=C(NC(CO)Cc1c[nH]c2c(F)cc(F)cc12)c1cc(I)ccc1Br.O=C(NC(CO)Cc1c[nH]c2cc(F)ccc12)c1cc(Br)ccc1Cl.O=C(N[C@@H](CO)Cc1c[nH]c2ccccc12)c1cc(Br)ccc1Cl.O=C(N[C@@H](CO)Cc1c[nH]c2ccccc12)c1cc(I)ccc1Br. The molecule has 24 nitrogen and oxygen atoms in total. The number of aromatic nitrogens is 6. The molecule has 2 unspecified atom stereocenters. The molecular weight excluding hydrogens is 2410 g/mol. The van der Waals surface area contributed by atoms with Crippen molar-refractivity contribution in [2.24, 2.45) is 5.73 Å². The molecule has 6 atom stereocenters. The van der Waals surface area contributed by atoms with Gasteiger partial charge in [-0.3, -0.25) is 28.8 Å². The van der Waals surface area contributed by atoms with E-state index in [1.165, 1.54) is 18.2 Å². The number of fused-ring (bicyclic) bond motifs is 6. The van der Waals surface area contributed by atoms with Gasteiger partial charge in [-0.25, -0.2) is 13.2 Å². The van der Waals surface area contributed by atoms with Gasteiger partial charge in [-0.15, -0.1) is 0 Å². The number of aliphatic hydroxyl groups excluding tert-OH is 6. The summed E-state index contributed by atoms with van der Waals surface area (Å²) < 4.78 is 46.2. The number of aliphatic hydroxyl groups is 6. The maximum atomic E-state index is 14.1. The third kappa shape index (κ3) is 26.9. The summed E-state index contributed by atoms with van der Waals surface area (Å²) in [7, 11) is 0. The Hall–Kier alpha value is -10.3. The molecule has 6 heterocycles. The van der Waals surface area contributed by atoms with Crippen LogP contribution >= 0.6 is 155 Å². The number of nitrogens with two attached hydrogens (primary N) is 1. The summed E-state index contributed by atoms with van der Waals surface area (Å²) in [6.07, 6.45) is 11.3. The molecular formula is C102H90Br4Cl2F3I3N12O12. The Morgan fingerprint density at radius 3 is 1.20 bits per heavy atom. The third-order valence-corrected chi connectivity index (χ3v) is 27.8. The number of nitrogens with zero attached hydrogens (tertiary/aromatic N) is 1. The second-order valence-electron chi connectivity index (χ2n) is 32.1. The highest BCUT2D eigenvalue weighted by atomic mass is 127.